The average molecular weight is 289 g/mol. The molecule has 114 valence electrons. The van der Waals surface area contributed by atoms with Crippen molar-refractivity contribution in [3.63, 3.8) is 0 Å². The lowest BCUT2D eigenvalue weighted by molar-refractivity contribution is -0.137. The number of nitrogens with two attached hydrogens (primary N) is 1. The van der Waals surface area contributed by atoms with Gasteiger partial charge >= 0.3 is 6.18 Å². The summed E-state index contributed by atoms with van der Waals surface area (Å²) in [4.78, 5) is 0. The zero-order chi connectivity index (χ0) is 15.2. The molecule has 0 bridgehead atoms. The van der Waals surface area contributed by atoms with Crippen molar-refractivity contribution in [2.45, 2.75) is 44.7 Å². The lowest BCUT2D eigenvalue weighted by Crippen LogP contribution is -2.09. The van der Waals surface area contributed by atoms with E-state index < -0.39 is 11.7 Å². The molecule has 0 aliphatic rings. The SMILES string of the molecule is CCCC(CCCN)c1ccc(C(F)(F)F)cc1OC. The first-order chi connectivity index (χ1) is 9.43. The van der Waals surface area contributed by atoms with E-state index in [4.69, 9.17) is 10.5 Å². The van der Waals surface area contributed by atoms with E-state index in [1.54, 1.807) is 6.07 Å². The smallest absolute Gasteiger partial charge is 0.416 e. The Kier molecular flexibility index (Phi) is 6.33. The summed E-state index contributed by atoms with van der Waals surface area (Å²) in [6.07, 6.45) is -0.731. The molecule has 0 saturated heterocycles. The fraction of sp³-hybridized carbons (Fsp3) is 0.600. The summed E-state index contributed by atoms with van der Waals surface area (Å²) in [6.45, 7) is 2.65. The molecule has 0 heterocycles. The molecular weight excluding hydrogens is 267 g/mol. The van der Waals surface area contributed by atoms with Crippen LogP contribution in [0.5, 0.6) is 5.75 Å². The number of benzene rings is 1. The third-order valence-corrected chi connectivity index (χ3v) is 3.39. The van der Waals surface area contributed by atoms with Gasteiger partial charge in [-0.1, -0.05) is 19.4 Å². The molecular formula is C15H22F3NO. The Morgan fingerprint density at radius 1 is 1.25 bits per heavy atom. The maximum absolute atomic E-state index is 12.7. The van der Waals surface area contributed by atoms with Gasteiger partial charge in [0.1, 0.15) is 5.75 Å². The molecule has 0 spiro atoms. The van der Waals surface area contributed by atoms with E-state index in [0.29, 0.717) is 12.3 Å². The molecule has 1 aromatic carbocycles. The molecule has 2 nitrogen and oxygen atoms in total. The van der Waals surface area contributed by atoms with Crippen LogP contribution in [0.1, 0.15) is 49.7 Å². The lowest BCUT2D eigenvalue weighted by atomic mass is 9.89. The van der Waals surface area contributed by atoms with Gasteiger partial charge in [-0.05, 0) is 49.4 Å². The Labute approximate surface area is 118 Å². The number of hydrogen-bond acceptors (Lipinski definition) is 2. The Morgan fingerprint density at radius 3 is 2.45 bits per heavy atom. The Balaban J connectivity index is 3.08. The van der Waals surface area contributed by atoms with Crippen LogP contribution < -0.4 is 10.5 Å². The first-order valence-electron chi connectivity index (χ1n) is 6.89. The highest BCUT2D eigenvalue weighted by Crippen LogP contribution is 2.38. The minimum Gasteiger partial charge on any atom is -0.496 e. The van der Waals surface area contributed by atoms with Gasteiger partial charge in [-0.15, -0.1) is 0 Å². The summed E-state index contributed by atoms with van der Waals surface area (Å²) < 4.78 is 43.3. The average Bonchev–Trinajstić information content (AvgIpc) is 2.41. The molecule has 1 atom stereocenters. The highest BCUT2D eigenvalue weighted by atomic mass is 19.4. The van der Waals surface area contributed by atoms with Gasteiger partial charge < -0.3 is 10.5 Å². The van der Waals surface area contributed by atoms with Crippen LogP contribution in [0.2, 0.25) is 0 Å². The molecule has 5 heteroatoms. The molecule has 0 aliphatic carbocycles. The quantitative estimate of drug-likeness (QED) is 0.810. The van der Waals surface area contributed by atoms with Crippen LogP contribution in [0, 0.1) is 0 Å². The summed E-state index contributed by atoms with van der Waals surface area (Å²) >= 11 is 0. The largest absolute Gasteiger partial charge is 0.496 e. The van der Waals surface area contributed by atoms with Crippen molar-refractivity contribution in [1.82, 2.24) is 0 Å². The van der Waals surface area contributed by atoms with Gasteiger partial charge in [-0.25, -0.2) is 0 Å². The van der Waals surface area contributed by atoms with E-state index >= 15 is 0 Å². The topological polar surface area (TPSA) is 35.2 Å². The van der Waals surface area contributed by atoms with Crippen molar-refractivity contribution < 1.29 is 17.9 Å². The van der Waals surface area contributed by atoms with Crippen LogP contribution in [0.4, 0.5) is 13.2 Å². The Hall–Kier alpha value is -1.23. The first kappa shape index (κ1) is 16.8. The van der Waals surface area contributed by atoms with Crippen molar-refractivity contribution in [3.8, 4) is 5.75 Å². The zero-order valence-corrected chi connectivity index (χ0v) is 12.0. The number of alkyl halides is 3. The molecule has 0 aliphatic heterocycles. The van der Waals surface area contributed by atoms with Gasteiger partial charge in [0.25, 0.3) is 0 Å². The maximum atomic E-state index is 12.7. The fourth-order valence-corrected chi connectivity index (χ4v) is 2.39. The predicted molar refractivity (Wildman–Crippen MR) is 73.9 cm³/mol. The van der Waals surface area contributed by atoms with E-state index in [9.17, 15) is 13.2 Å². The minimum absolute atomic E-state index is 0.195. The van der Waals surface area contributed by atoms with E-state index in [-0.39, 0.29) is 5.92 Å². The van der Waals surface area contributed by atoms with Crippen molar-refractivity contribution in [1.29, 1.82) is 0 Å². The number of halogens is 3. The van der Waals surface area contributed by atoms with Crippen LogP contribution in [0.15, 0.2) is 18.2 Å². The van der Waals surface area contributed by atoms with Crippen LogP contribution in [0.25, 0.3) is 0 Å². The van der Waals surface area contributed by atoms with Gasteiger partial charge in [0, 0.05) is 0 Å². The molecule has 0 radical (unpaired) electrons. The lowest BCUT2D eigenvalue weighted by Gasteiger charge is -2.20. The third kappa shape index (κ3) is 4.40. The molecule has 0 saturated carbocycles. The minimum atomic E-state index is -4.34. The van der Waals surface area contributed by atoms with E-state index in [1.807, 2.05) is 0 Å². The Morgan fingerprint density at radius 2 is 1.95 bits per heavy atom. The van der Waals surface area contributed by atoms with Crippen LogP contribution >= 0.6 is 0 Å². The summed E-state index contributed by atoms with van der Waals surface area (Å²) in [5.74, 6) is 0.510. The first-order valence-corrected chi connectivity index (χ1v) is 6.89. The van der Waals surface area contributed by atoms with Crippen molar-refractivity contribution in [2.75, 3.05) is 13.7 Å². The van der Waals surface area contributed by atoms with Crippen LogP contribution in [-0.2, 0) is 6.18 Å². The van der Waals surface area contributed by atoms with Gasteiger partial charge in [-0.3, -0.25) is 0 Å². The molecule has 0 aromatic heterocycles. The normalized spacial score (nSPS) is 13.3. The second kappa shape index (κ2) is 7.53. The number of rotatable bonds is 7. The van der Waals surface area contributed by atoms with Crippen molar-refractivity contribution in [2.24, 2.45) is 5.73 Å². The van der Waals surface area contributed by atoms with Crippen LogP contribution in [-0.4, -0.2) is 13.7 Å². The molecule has 1 unspecified atom stereocenters. The second-order valence-electron chi connectivity index (χ2n) is 4.87. The monoisotopic (exact) mass is 289 g/mol. The fourth-order valence-electron chi connectivity index (χ4n) is 2.39. The van der Waals surface area contributed by atoms with Crippen LogP contribution in [0.3, 0.4) is 0 Å². The zero-order valence-electron chi connectivity index (χ0n) is 12.0. The predicted octanol–water partition coefficient (Wildman–Crippen LogP) is 4.34. The molecule has 1 rings (SSSR count). The van der Waals surface area contributed by atoms with E-state index in [0.717, 1.165) is 43.4 Å². The molecule has 1 aromatic rings. The highest BCUT2D eigenvalue weighted by Gasteiger charge is 2.31. The number of methoxy groups -OCH3 is 1. The van der Waals surface area contributed by atoms with Gasteiger partial charge in [0.2, 0.25) is 0 Å². The molecule has 2 N–H and O–H groups in total. The van der Waals surface area contributed by atoms with Crippen molar-refractivity contribution in [3.05, 3.63) is 29.3 Å². The maximum Gasteiger partial charge on any atom is 0.416 e. The highest BCUT2D eigenvalue weighted by molar-refractivity contribution is 5.41. The number of ether oxygens (including phenoxy) is 1. The Bertz CT molecular complexity index is 418. The summed E-state index contributed by atoms with van der Waals surface area (Å²) in [6, 6.07) is 3.75. The summed E-state index contributed by atoms with van der Waals surface area (Å²) in [7, 11) is 1.41. The number of hydrogen-bond donors (Lipinski definition) is 1. The second-order valence-corrected chi connectivity index (χ2v) is 4.87. The van der Waals surface area contributed by atoms with E-state index in [1.165, 1.54) is 7.11 Å². The van der Waals surface area contributed by atoms with E-state index in [2.05, 4.69) is 6.92 Å². The summed E-state index contributed by atoms with van der Waals surface area (Å²) in [5.41, 5.74) is 5.69. The standard InChI is InChI=1S/C15H22F3NO/c1-3-5-11(6-4-9-19)13-8-7-12(15(16,17)18)10-14(13)20-2/h7-8,10-11H,3-6,9,19H2,1-2H3. The van der Waals surface area contributed by atoms with Crippen molar-refractivity contribution >= 4 is 0 Å². The molecule has 0 fully saturated rings. The van der Waals surface area contributed by atoms with Gasteiger partial charge in [0.05, 0.1) is 12.7 Å². The van der Waals surface area contributed by atoms with Gasteiger partial charge in [0.15, 0.2) is 0 Å². The summed E-state index contributed by atoms with van der Waals surface area (Å²) in [5, 5.41) is 0. The molecule has 0 amide bonds. The molecule has 20 heavy (non-hydrogen) atoms. The van der Waals surface area contributed by atoms with Gasteiger partial charge in [-0.2, -0.15) is 13.2 Å². The third-order valence-electron chi connectivity index (χ3n) is 3.39.